The highest BCUT2D eigenvalue weighted by atomic mass is 15.2. The molecule has 1 aliphatic heterocycles. The van der Waals surface area contributed by atoms with Crippen molar-refractivity contribution in [3.05, 3.63) is 30.9 Å². The fourth-order valence-corrected chi connectivity index (χ4v) is 2.42. The summed E-state index contributed by atoms with van der Waals surface area (Å²) in [4.78, 5) is 24.0. The van der Waals surface area contributed by atoms with E-state index in [9.17, 15) is 0 Å². The van der Waals surface area contributed by atoms with Gasteiger partial charge in [-0.2, -0.15) is 5.10 Å². The maximum atomic E-state index is 4.70. The fraction of sp³-hybridized carbons (Fsp3) is 0.200. The number of aliphatic imine (C=N–C) groups is 1. The molecule has 1 N–H and O–H groups in total. The van der Waals surface area contributed by atoms with Crippen LogP contribution in [0, 0.1) is 0 Å². The van der Waals surface area contributed by atoms with Crippen LogP contribution in [0.3, 0.4) is 0 Å². The maximum absolute atomic E-state index is 4.70. The van der Waals surface area contributed by atoms with E-state index < -0.39 is 0 Å². The molecule has 8 nitrogen and oxygen atoms in total. The molecule has 1 aliphatic rings. The summed E-state index contributed by atoms with van der Waals surface area (Å²) in [5.41, 5.74) is 2.40. The lowest BCUT2D eigenvalue weighted by Crippen LogP contribution is -2.28. The van der Waals surface area contributed by atoms with E-state index in [1.54, 1.807) is 12.4 Å². The van der Waals surface area contributed by atoms with Crippen LogP contribution in [0.15, 0.2) is 35.8 Å². The van der Waals surface area contributed by atoms with Crippen LogP contribution in [0.2, 0.25) is 0 Å². The third-order valence-electron chi connectivity index (χ3n) is 3.65. The highest BCUT2D eigenvalue weighted by Gasteiger charge is 2.17. The highest BCUT2D eigenvalue weighted by Crippen LogP contribution is 2.29. The summed E-state index contributed by atoms with van der Waals surface area (Å²) in [5.74, 6) is 2.11. The number of pyridine rings is 1. The van der Waals surface area contributed by atoms with Crippen molar-refractivity contribution in [3.63, 3.8) is 0 Å². The molecule has 0 saturated heterocycles. The molecule has 3 aromatic heterocycles. The van der Waals surface area contributed by atoms with Gasteiger partial charge in [0, 0.05) is 24.5 Å². The Balaban J connectivity index is 1.70. The first-order valence-electron chi connectivity index (χ1n) is 7.32. The fourth-order valence-electron chi connectivity index (χ4n) is 2.42. The van der Waals surface area contributed by atoms with E-state index in [4.69, 9.17) is 4.98 Å². The predicted molar refractivity (Wildman–Crippen MR) is 86.7 cm³/mol. The van der Waals surface area contributed by atoms with Crippen molar-refractivity contribution >= 4 is 17.9 Å². The summed E-state index contributed by atoms with van der Waals surface area (Å²) in [6, 6.07) is 3.83. The number of nitrogens with one attached hydrogen (secondary N) is 1. The van der Waals surface area contributed by atoms with E-state index in [-0.39, 0.29) is 0 Å². The molecule has 23 heavy (non-hydrogen) atoms. The first-order valence-corrected chi connectivity index (χ1v) is 7.32. The number of anilines is 1. The number of aromatic nitrogens is 6. The van der Waals surface area contributed by atoms with E-state index in [0.717, 1.165) is 35.9 Å². The van der Waals surface area contributed by atoms with E-state index in [1.807, 2.05) is 18.3 Å². The third kappa shape index (κ3) is 2.44. The van der Waals surface area contributed by atoms with Gasteiger partial charge in [-0.1, -0.05) is 0 Å². The molecule has 0 saturated carbocycles. The molecule has 0 aliphatic carbocycles. The van der Waals surface area contributed by atoms with Crippen molar-refractivity contribution in [2.24, 2.45) is 4.99 Å². The summed E-state index contributed by atoms with van der Waals surface area (Å²) in [6.07, 6.45) is 6.80. The third-order valence-corrected chi connectivity index (χ3v) is 3.65. The number of aromatic amines is 1. The zero-order chi connectivity index (χ0) is 15.6. The van der Waals surface area contributed by atoms with Crippen molar-refractivity contribution in [2.45, 2.75) is 6.92 Å². The van der Waals surface area contributed by atoms with Gasteiger partial charge in [-0.05, 0) is 19.1 Å². The van der Waals surface area contributed by atoms with Gasteiger partial charge in [0.05, 0.1) is 18.4 Å². The minimum atomic E-state index is 0.638. The summed E-state index contributed by atoms with van der Waals surface area (Å²) in [6.45, 7) is 3.70. The molecular weight excluding hydrogens is 292 g/mol. The zero-order valence-electron chi connectivity index (χ0n) is 12.5. The molecule has 0 bridgehead atoms. The molecule has 0 spiro atoms. The Morgan fingerprint density at radius 2 is 2.09 bits per heavy atom. The Bertz CT molecular complexity index is 838. The lowest BCUT2D eigenvalue weighted by atomic mass is 10.2. The standard InChI is InChI=1S/C15H14N8/c1-2-23-6-5-16-14-15(23)21-12(8-18-14)10-3-4-11(17-7-10)13-19-9-20-22-13/h3-5,7-9H,2,6H2,1H3,(H,19,20,22). The number of fused-ring (bicyclic) bond motifs is 1. The molecule has 0 atom stereocenters. The smallest absolute Gasteiger partial charge is 0.195 e. The van der Waals surface area contributed by atoms with Crippen LogP contribution in [0.1, 0.15) is 6.92 Å². The zero-order valence-corrected chi connectivity index (χ0v) is 12.5. The lowest BCUT2D eigenvalue weighted by molar-refractivity contribution is 0.885. The molecule has 3 aromatic rings. The Kier molecular flexibility index (Phi) is 3.26. The van der Waals surface area contributed by atoms with Crippen LogP contribution in [0.4, 0.5) is 11.6 Å². The minimum Gasteiger partial charge on any atom is -0.348 e. The SMILES string of the molecule is CCN1CC=Nc2ncc(-c3ccc(-c4ncn[nH]4)nc3)nc21. The van der Waals surface area contributed by atoms with Gasteiger partial charge in [0.15, 0.2) is 17.5 Å². The van der Waals surface area contributed by atoms with Gasteiger partial charge in [-0.3, -0.25) is 10.1 Å². The second kappa shape index (κ2) is 5.56. The Morgan fingerprint density at radius 1 is 1.13 bits per heavy atom. The van der Waals surface area contributed by atoms with Crippen LogP contribution in [0.25, 0.3) is 22.8 Å². The van der Waals surface area contributed by atoms with Crippen LogP contribution in [-0.4, -0.2) is 49.4 Å². The Labute approximate surface area is 132 Å². The Morgan fingerprint density at radius 3 is 2.83 bits per heavy atom. The van der Waals surface area contributed by atoms with Crippen molar-refractivity contribution in [1.29, 1.82) is 0 Å². The van der Waals surface area contributed by atoms with E-state index >= 15 is 0 Å². The van der Waals surface area contributed by atoms with E-state index in [2.05, 4.69) is 42.0 Å². The molecule has 0 unspecified atom stereocenters. The van der Waals surface area contributed by atoms with Crippen LogP contribution in [-0.2, 0) is 0 Å². The molecule has 0 amide bonds. The lowest BCUT2D eigenvalue weighted by Gasteiger charge is -2.24. The number of H-pyrrole nitrogens is 1. The molecule has 0 aromatic carbocycles. The first kappa shape index (κ1) is 13.5. The normalized spacial score (nSPS) is 13.2. The minimum absolute atomic E-state index is 0.638. The first-order chi connectivity index (χ1) is 11.3. The second-order valence-corrected chi connectivity index (χ2v) is 5.02. The molecule has 0 radical (unpaired) electrons. The molecule has 114 valence electrons. The number of rotatable bonds is 3. The van der Waals surface area contributed by atoms with Crippen LogP contribution < -0.4 is 4.90 Å². The van der Waals surface area contributed by atoms with Gasteiger partial charge in [0.25, 0.3) is 0 Å². The molecular formula is C15H14N8. The number of hydrogen-bond acceptors (Lipinski definition) is 7. The van der Waals surface area contributed by atoms with Gasteiger partial charge in [-0.15, -0.1) is 0 Å². The number of nitrogens with zero attached hydrogens (tertiary/aromatic N) is 7. The van der Waals surface area contributed by atoms with Crippen molar-refractivity contribution in [2.75, 3.05) is 18.0 Å². The van der Waals surface area contributed by atoms with Crippen molar-refractivity contribution in [3.8, 4) is 22.8 Å². The van der Waals surface area contributed by atoms with Crippen molar-refractivity contribution in [1.82, 2.24) is 30.1 Å². The van der Waals surface area contributed by atoms with E-state index in [1.165, 1.54) is 6.33 Å². The monoisotopic (exact) mass is 306 g/mol. The largest absolute Gasteiger partial charge is 0.348 e. The maximum Gasteiger partial charge on any atom is 0.195 e. The van der Waals surface area contributed by atoms with Gasteiger partial charge in [0.1, 0.15) is 12.0 Å². The van der Waals surface area contributed by atoms with Crippen LogP contribution in [0.5, 0.6) is 0 Å². The van der Waals surface area contributed by atoms with Gasteiger partial charge >= 0.3 is 0 Å². The molecule has 0 fully saturated rings. The van der Waals surface area contributed by atoms with Crippen molar-refractivity contribution < 1.29 is 0 Å². The average molecular weight is 306 g/mol. The highest BCUT2D eigenvalue weighted by molar-refractivity contribution is 5.78. The summed E-state index contributed by atoms with van der Waals surface area (Å²) in [7, 11) is 0. The molecule has 8 heteroatoms. The van der Waals surface area contributed by atoms with Gasteiger partial charge in [-0.25, -0.2) is 19.9 Å². The van der Waals surface area contributed by atoms with Crippen LogP contribution >= 0.6 is 0 Å². The summed E-state index contributed by atoms with van der Waals surface area (Å²) >= 11 is 0. The quantitative estimate of drug-likeness (QED) is 0.793. The van der Waals surface area contributed by atoms with Gasteiger partial charge in [0.2, 0.25) is 0 Å². The second-order valence-electron chi connectivity index (χ2n) is 5.02. The van der Waals surface area contributed by atoms with Gasteiger partial charge < -0.3 is 4.90 Å². The Hall–Kier alpha value is -3.16. The summed E-state index contributed by atoms with van der Waals surface area (Å²) < 4.78 is 0. The predicted octanol–water partition coefficient (Wildman–Crippen LogP) is 1.87. The van der Waals surface area contributed by atoms with E-state index in [0.29, 0.717) is 11.6 Å². The number of hydrogen-bond donors (Lipinski definition) is 1. The summed E-state index contributed by atoms with van der Waals surface area (Å²) in [5, 5.41) is 6.62. The average Bonchev–Trinajstić information content (AvgIpc) is 3.15. The molecule has 4 rings (SSSR count). The topological polar surface area (TPSA) is 95.8 Å². The molecule has 4 heterocycles.